The van der Waals surface area contributed by atoms with E-state index in [2.05, 4.69) is 18.4 Å². The lowest BCUT2D eigenvalue weighted by Crippen LogP contribution is -2.40. The highest BCUT2D eigenvalue weighted by Crippen LogP contribution is 2.25. The van der Waals surface area contributed by atoms with E-state index in [-0.39, 0.29) is 12.3 Å². The summed E-state index contributed by atoms with van der Waals surface area (Å²) in [5.74, 6) is -0.364. The Bertz CT molecular complexity index is 589. The number of amides is 1. The number of carbonyl (C=O) groups excluding carboxylic acids is 1. The molecule has 5 nitrogen and oxygen atoms in total. The summed E-state index contributed by atoms with van der Waals surface area (Å²) >= 11 is 0. The monoisotopic (exact) mass is 320 g/mol. The summed E-state index contributed by atoms with van der Waals surface area (Å²) in [4.78, 5) is 25.5. The van der Waals surface area contributed by atoms with Gasteiger partial charge in [-0.05, 0) is 58.9 Å². The van der Waals surface area contributed by atoms with Gasteiger partial charge in [0.2, 0.25) is 0 Å². The first-order valence-electron chi connectivity index (χ1n) is 8.50. The fraction of sp³-hybridized carbons (Fsp3) is 0.667. The van der Waals surface area contributed by atoms with Crippen molar-refractivity contribution in [2.24, 2.45) is 5.92 Å². The van der Waals surface area contributed by atoms with Crippen LogP contribution < -0.4 is 0 Å². The summed E-state index contributed by atoms with van der Waals surface area (Å²) in [6.07, 6.45) is 2.82. The third-order valence-electron chi connectivity index (χ3n) is 4.80. The van der Waals surface area contributed by atoms with Crippen LogP contribution in [0.2, 0.25) is 0 Å². The van der Waals surface area contributed by atoms with Gasteiger partial charge in [-0.3, -0.25) is 9.59 Å². The SMILES string of the molecule is Cc1cc(C(=O)N2CCC[C@H](CCC(=O)O)C2)c(C)n1C(C)C. The Morgan fingerprint density at radius 1 is 1.35 bits per heavy atom. The van der Waals surface area contributed by atoms with Gasteiger partial charge in [0.1, 0.15) is 0 Å². The molecule has 1 aliphatic rings. The van der Waals surface area contributed by atoms with Gasteiger partial charge in [-0.1, -0.05) is 0 Å². The van der Waals surface area contributed by atoms with Gasteiger partial charge in [-0.2, -0.15) is 0 Å². The van der Waals surface area contributed by atoms with Gasteiger partial charge < -0.3 is 14.6 Å². The minimum Gasteiger partial charge on any atom is -0.481 e. The summed E-state index contributed by atoms with van der Waals surface area (Å²) in [5.41, 5.74) is 2.92. The lowest BCUT2D eigenvalue weighted by atomic mass is 9.93. The zero-order valence-corrected chi connectivity index (χ0v) is 14.6. The summed E-state index contributed by atoms with van der Waals surface area (Å²) in [5, 5.41) is 8.84. The summed E-state index contributed by atoms with van der Waals surface area (Å²) in [6.45, 7) is 9.74. The molecule has 1 amide bonds. The highest BCUT2D eigenvalue weighted by atomic mass is 16.4. The van der Waals surface area contributed by atoms with Gasteiger partial charge in [0.05, 0.1) is 5.56 Å². The fourth-order valence-electron chi connectivity index (χ4n) is 3.77. The Morgan fingerprint density at radius 3 is 2.61 bits per heavy atom. The minimum absolute atomic E-state index is 0.0880. The normalized spacial score (nSPS) is 18.5. The maximum Gasteiger partial charge on any atom is 0.303 e. The molecule has 1 aromatic heterocycles. The van der Waals surface area contributed by atoms with Gasteiger partial charge in [0, 0.05) is 36.9 Å². The molecule has 0 saturated carbocycles. The van der Waals surface area contributed by atoms with E-state index in [9.17, 15) is 9.59 Å². The second kappa shape index (κ2) is 7.20. The smallest absolute Gasteiger partial charge is 0.303 e. The van der Waals surface area contributed by atoms with Crippen LogP contribution in [0.5, 0.6) is 0 Å². The predicted molar refractivity (Wildman–Crippen MR) is 89.8 cm³/mol. The van der Waals surface area contributed by atoms with Gasteiger partial charge in [-0.25, -0.2) is 0 Å². The number of hydrogen-bond donors (Lipinski definition) is 1. The highest BCUT2D eigenvalue weighted by Gasteiger charge is 2.27. The number of carbonyl (C=O) groups is 2. The van der Waals surface area contributed by atoms with Crippen LogP contribution >= 0.6 is 0 Å². The second-order valence-corrected chi connectivity index (χ2v) is 6.94. The second-order valence-electron chi connectivity index (χ2n) is 6.94. The number of aliphatic carboxylic acids is 1. The zero-order valence-electron chi connectivity index (χ0n) is 14.6. The fourth-order valence-corrected chi connectivity index (χ4v) is 3.77. The molecule has 5 heteroatoms. The molecule has 1 aliphatic heterocycles. The van der Waals surface area contributed by atoms with E-state index in [1.165, 1.54) is 0 Å². The number of hydrogen-bond acceptors (Lipinski definition) is 2. The van der Waals surface area contributed by atoms with E-state index in [4.69, 9.17) is 5.11 Å². The van der Waals surface area contributed by atoms with Crippen molar-refractivity contribution in [2.45, 2.75) is 59.4 Å². The summed E-state index contributed by atoms with van der Waals surface area (Å²) in [7, 11) is 0. The van der Waals surface area contributed by atoms with Crippen LogP contribution in [0.1, 0.15) is 67.3 Å². The van der Waals surface area contributed by atoms with Crippen molar-refractivity contribution in [1.29, 1.82) is 0 Å². The average molecular weight is 320 g/mol. The number of aromatic nitrogens is 1. The molecule has 128 valence electrons. The van der Waals surface area contributed by atoms with Crippen molar-refractivity contribution >= 4 is 11.9 Å². The number of likely N-dealkylation sites (tertiary alicyclic amines) is 1. The first-order valence-corrected chi connectivity index (χ1v) is 8.50. The standard InChI is InChI=1S/C18H28N2O3/c1-12(2)20-13(3)10-16(14(20)4)18(23)19-9-5-6-15(11-19)7-8-17(21)22/h10,12,15H,5-9,11H2,1-4H3,(H,21,22)/t15-/m1/s1. The van der Waals surface area contributed by atoms with Crippen LogP contribution in [0.4, 0.5) is 0 Å². The van der Waals surface area contributed by atoms with E-state index in [0.29, 0.717) is 24.9 Å². The molecule has 0 aliphatic carbocycles. The van der Waals surface area contributed by atoms with Gasteiger partial charge >= 0.3 is 5.97 Å². The predicted octanol–water partition coefficient (Wildman–Crippen LogP) is 3.40. The van der Waals surface area contributed by atoms with Crippen molar-refractivity contribution in [3.8, 4) is 0 Å². The molecule has 0 aromatic carbocycles. The highest BCUT2D eigenvalue weighted by molar-refractivity contribution is 5.95. The summed E-state index contributed by atoms with van der Waals surface area (Å²) in [6, 6.07) is 2.32. The van der Waals surface area contributed by atoms with Gasteiger partial charge in [-0.15, -0.1) is 0 Å². The number of carboxylic acids is 1. The molecule has 1 aromatic rings. The van der Waals surface area contributed by atoms with Gasteiger partial charge in [0.25, 0.3) is 5.91 Å². The van der Waals surface area contributed by atoms with E-state index in [0.717, 1.165) is 36.3 Å². The maximum atomic E-state index is 12.9. The Morgan fingerprint density at radius 2 is 2.04 bits per heavy atom. The van der Waals surface area contributed by atoms with E-state index in [1.807, 2.05) is 24.8 Å². The summed E-state index contributed by atoms with van der Waals surface area (Å²) < 4.78 is 2.19. The third-order valence-corrected chi connectivity index (χ3v) is 4.80. The van der Waals surface area contributed by atoms with Crippen molar-refractivity contribution in [2.75, 3.05) is 13.1 Å². The molecule has 2 rings (SSSR count). The number of rotatable bonds is 5. The molecule has 23 heavy (non-hydrogen) atoms. The molecule has 1 N–H and O–H groups in total. The third kappa shape index (κ3) is 3.95. The van der Waals surface area contributed by atoms with Crippen LogP contribution in [0, 0.1) is 19.8 Å². The van der Waals surface area contributed by atoms with E-state index >= 15 is 0 Å². The molecule has 1 atom stereocenters. The minimum atomic E-state index is -0.756. The van der Waals surface area contributed by atoms with Crippen LogP contribution in [-0.4, -0.2) is 39.5 Å². The number of piperidine rings is 1. The van der Waals surface area contributed by atoms with Crippen molar-refractivity contribution < 1.29 is 14.7 Å². The molecule has 1 saturated heterocycles. The van der Waals surface area contributed by atoms with Crippen molar-refractivity contribution in [1.82, 2.24) is 9.47 Å². The molecule has 0 radical (unpaired) electrons. The zero-order chi connectivity index (χ0) is 17.1. The van der Waals surface area contributed by atoms with Crippen LogP contribution in [0.3, 0.4) is 0 Å². The quantitative estimate of drug-likeness (QED) is 0.904. The van der Waals surface area contributed by atoms with Crippen LogP contribution in [-0.2, 0) is 4.79 Å². The molecule has 0 unspecified atom stereocenters. The first kappa shape index (κ1) is 17.6. The maximum absolute atomic E-state index is 12.9. The topological polar surface area (TPSA) is 62.5 Å². The Kier molecular flexibility index (Phi) is 5.50. The van der Waals surface area contributed by atoms with Gasteiger partial charge in [0.15, 0.2) is 0 Å². The molecule has 1 fully saturated rings. The lowest BCUT2D eigenvalue weighted by Gasteiger charge is -2.32. The number of aryl methyl sites for hydroxylation is 1. The van der Waals surface area contributed by atoms with Crippen LogP contribution in [0.15, 0.2) is 6.07 Å². The van der Waals surface area contributed by atoms with Crippen molar-refractivity contribution in [3.63, 3.8) is 0 Å². The van der Waals surface area contributed by atoms with E-state index < -0.39 is 5.97 Å². The lowest BCUT2D eigenvalue weighted by molar-refractivity contribution is -0.137. The molecule has 0 bridgehead atoms. The van der Waals surface area contributed by atoms with Crippen LogP contribution in [0.25, 0.3) is 0 Å². The molecular weight excluding hydrogens is 292 g/mol. The Balaban J connectivity index is 2.11. The first-order chi connectivity index (χ1) is 10.8. The Hall–Kier alpha value is -1.78. The largest absolute Gasteiger partial charge is 0.481 e. The average Bonchev–Trinajstić information content (AvgIpc) is 2.79. The number of carboxylic acid groups (broad SMARTS) is 1. The molecular formula is C18H28N2O3. The molecule has 0 spiro atoms. The van der Waals surface area contributed by atoms with Crippen molar-refractivity contribution in [3.05, 3.63) is 23.0 Å². The number of nitrogens with zero attached hydrogens (tertiary/aromatic N) is 2. The Labute approximate surface area is 138 Å². The van der Waals surface area contributed by atoms with E-state index in [1.54, 1.807) is 0 Å². The molecule has 2 heterocycles.